The number of aromatic nitrogens is 2. The number of rotatable bonds is 3. The molecule has 2 rings (SSSR count). The first-order chi connectivity index (χ1) is 9.08. The molecular formula is C13H12N4OS. The number of amides is 1. The predicted octanol–water partition coefficient (Wildman–Crippen LogP) is 1.67. The molecule has 19 heavy (non-hydrogen) atoms. The summed E-state index contributed by atoms with van der Waals surface area (Å²) in [5.41, 5.74) is 7.80. The van der Waals surface area contributed by atoms with Crippen LogP contribution in [-0.2, 0) is 0 Å². The minimum Gasteiger partial charge on any atom is -0.389 e. The Hall–Kier alpha value is -2.34. The minimum absolute atomic E-state index is 0.252. The van der Waals surface area contributed by atoms with E-state index >= 15 is 0 Å². The number of nitrogens with two attached hydrogens (primary N) is 1. The zero-order valence-corrected chi connectivity index (χ0v) is 11.1. The molecule has 0 saturated heterocycles. The SMILES string of the molecule is Cc1ncccc1NC(=O)c1ccc(C(N)=S)cn1. The summed E-state index contributed by atoms with van der Waals surface area (Å²) in [7, 11) is 0. The van der Waals surface area contributed by atoms with Crippen LogP contribution in [0.3, 0.4) is 0 Å². The van der Waals surface area contributed by atoms with Crippen molar-refractivity contribution in [3.8, 4) is 0 Å². The molecule has 0 saturated carbocycles. The molecule has 1 amide bonds. The highest BCUT2D eigenvalue weighted by Crippen LogP contribution is 2.11. The molecule has 0 aliphatic carbocycles. The van der Waals surface area contributed by atoms with E-state index in [1.165, 1.54) is 6.20 Å². The lowest BCUT2D eigenvalue weighted by molar-refractivity contribution is 0.102. The van der Waals surface area contributed by atoms with E-state index in [-0.39, 0.29) is 10.9 Å². The summed E-state index contributed by atoms with van der Waals surface area (Å²) in [6.07, 6.45) is 3.15. The third kappa shape index (κ3) is 3.11. The van der Waals surface area contributed by atoms with Gasteiger partial charge in [0.1, 0.15) is 10.7 Å². The van der Waals surface area contributed by atoms with Crippen LogP contribution in [0, 0.1) is 6.92 Å². The van der Waals surface area contributed by atoms with Crippen LogP contribution < -0.4 is 11.1 Å². The van der Waals surface area contributed by atoms with E-state index < -0.39 is 0 Å². The number of thiocarbonyl (C=S) groups is 1. The number of hydrogen-bond donors (Lipinski definition) is 2. The van der Waals surface area contributed by atoms with E-state index in [4.69, 9.17) is 18.0 Å². The van der Waals surface area contributed by atoms with Crippen LogP contribution in [0.2, 0.25) is 0 Å². The van der Waals surface area contributed by atoms with E-state index in [0.29, 0.717) is 16.9 Å². The summed E-state index contributed by atoms with van der Waals surface area (Å²) in [6, 6.07) is 6.78. The van der Waals surface area contributed by atoms with E-state index in [2.05, 4.69) is 15.3 Å². The van der Waals surface area contributed by atoms with Crippen molar-refractivity contribution in [3.63, 3.8) is 0 Å². The Morgan fingerprint density at radius 3 is 2.68 bits per heavy atom. The first kappa shape index (κ1) is 13.1. The molecule has 0 aliphatic heterocycles. The average Bonchev–Trinajstić information content (AvgIpc) is 2.41. The van der Waals surface area contributed by atoms with E-state index in [9.17, 15) is 4.79 Å². The van der Waals surface area contributed by atoms with Gasteiger partial charge in [0.05, 0.1) is 11.4 Å². The number of carbonyl (C=O) groups excluding carboxylic acids is 1. The second kappa shape index (κ2) is 5.53. The zero-order chi connectivity index (χ0) is 13.8. The fourth-order valence-electron chi connectivity index (χ4n) is 1.48. The van der Waals surface area contributed by atoms with Gasteiger partial charge >= 0.3 is 0 Å². The maximum atomic E-state index is 12.0. The second-order valence-corrected chi connectivity index (χ2v) is 4.33. The Kier molecular flexibility index (Phi) is 3.82. The molecule has 0 spiro atoms. The van der Waals surface area contributed by atoms with E-state index in [1.807, 2.05) is 6.92 Å². The lowest BCUT2D eigenvalue weighted by atomic mass is 10.2. The Morgan fingerprint density at radius 2 is 2.11 bits per heavy atom. The van der Waals surface area contributed by atoms with Gasteiger partial charge in [-0.15, -0.1) is 0 Å². The zero-order valence-electron chi connectivity index (χ0n) is 10.3. The van der Waals surface area contributed by atoms with E-state index in [0.717, 1.165) is 5.69 Å². The molecule has 96 valence electrons. The van der Waals surface area contributed by atoms with Crippen molar-refractivity contribution in [2.24, 2.45) is 5.73 Å². The molecule has 2 heterocycles. The van der Waals surface area contributed by atoms with Gasteiger partial charge in [-0.1, -0.05) is 12.2 Å². The lowest BCUT2D eigenvalue weighted by Gasteiger charge is -2.07. The normalized spacial score (nSPS) is 9.95. The lowest BCUT2D eigenvalue weighted by Crippen LogP contribution is -2.16. The van der Waals surface area contributed by atoms with Crippen molar-refractivity contribution in [1.82, 2.24) is 9.97 Å². The van der Waals surface area contributed by atoms with Crippen molar-refractivity contribution in [3.05, 3.63) is 53.6 Å². The smallest absolute Gasteiger partial charge is 0.274 e. The first-order valence-corrected chi connectivity index (χ1v) is 5.97. The van der Waals surface area contributed by atoms with Crippen LogP contribution in [0.15, 0.2) is 36.7 Å². The second-order valence-electron chi connectivity index (χ2n) is 3.89. The first-order valence-electron chi connectivity index (χ1n) is 5.57. The molecule has 0 atom stereocenters. The highest BCUT2D eigenvalue weighted by molar-refractivity contribution is 7.80. The number of hydrogen-bond acceptors (Lipinski definition) is 4. The number of anilines is 1. The van der Waals surface area contributed by atoms with Crippen molar-refractivity contribution in [2.45, 2.75) is 6.92 Å². The Balaban J connectivity index is 2.16. The topological polar surface area (TPSA) is 80.9 Å². The third-order valence-electron chi connectivity index (χ3n) is 2.54. The number of carbonyl (C=O) groups is 1. The largest absolute Gasteiger partial charge is 0.389 e. The summed E-state index contributed by atoms with van der Waals surface area (Å²) < 4.78 is 0. The minimum atomic E-state index is -0.300. The highest BCUT2D eigenvalue weighted by atomic mass is 32.1. The maximum absolute atomic E-state index is 12.0. The van der Waals surface area contributed by atoms with E-state index in [1.54, 1.807) is 30.5 Å². The van der Waals surface area contributed by atoms with Crippen molar-refractivity contribution >= 4 is 28.8 Å². The van der Waals surface area contributed by atoms with Gasteiger partial charge in [0, 0.05) is 18.0 Å². The Morgan fingerprint density at radius 1 is 1.32 bits per heavy atom. The standard InChI is InChI=1S/C13H12N4OS/c1-8-10(3-2-6-15-8)17-13(18)11-5-4-9(7-16-11)12(14)19/h2-7H,1H3,(H2,14,19)(H,17,18). The van der Waals surface area contributed by atoms with Gasteiger partial charge in [-0.05, 0) is 31.2 Å². The number of nitrogens with one attached hydrogen (secondary N) is 1. The number of aryl methyl sites for hydroxylation is 1. The average molecular weight is 272 g/mol. The van der Waals surface area contributed by atoms with Gasteiger partial charge in [0.15, 0.2) is 0 Å². The molecule has 0 bridgehead atoms. The van der Waals surface area contributed by atoms with Gasteiger partial charge in [0.25, 0.3) is 5.91 Å². The summed E-state index contributed by atoms with van der Waals surface area (Å²) >= 11 is 4.82. The van der Waals surface area contributed by atoms with Crippen LogP contribution in [-0.4, -0.2) is 20.9 Å². The molecule has 0 unspecified atom stereocenters. The quantitative estimate of drug-likeness (QED) is 0.831. The third-order valence-corrected chi connectivity index (χ3v) is 2.77. The molecule has 0 aromatic carbocycles. The van der Waals surface area contributed by atoms with Gasteiger partial charge in [0.2, 0.25) is 0 Å². The summed E-state index contributed by atoms with van der Waals surface area (Å²) in [6.45, 7) is 1.82. The van der Waals surface area contributed by atoms with Crippen molar-refractivity contribution in [2.75, 3.05) is 5.32 Å². The van der Waals surface area contributed by atoms with Gasteiger partial charge in [-0.2, -0.15) is 0 Å². The molecule has 0 fully saturated rings. The molecule has 5 nitrogen and oxygen atoms in total. The molecule has 6 heteroatoms. The number of pyridine rings is 2. The molecule has 2 aromatic heterocycles. The van der Waals surface area contributed by atoms with Crippen LogP contribution in [0.25, 0.3) is 0 Å². The highest BCUT2D eigenvalue weighted by Gasteiger charge is 2.09. The molecular weight excluding hydrogens is 260 g/mol. The van der Waals surface area contributed by atoms with Crippen LogP contribution in [0.1, 0.15) is 21.7 Å². The Labute approximate surface area is 115 Å². The molecule has 3 N–H and O–H groups in total. The summed E-state index contributed by atoms with van der Waals surface area (Å²) in [4.78, 5) is 20.4. The summed E-state index contributed by atoms with van der Waals surface area (Å²) in [5, 5.41) is 2.75. The van der Waals surface area contributed by atoms with Gasteiger partial charge in [-0.3, -0.25) is 14.8 Å². The molecule has 0 radical (unpaired) electrons. The predicted molar refractivity (Wildman–Crippen MR) is 77.1 cm³/mol. The maximum Gasteiger partial charge on any atom is 0.274 e. The fourth-order valence-corrected chi connectivity index (χ4v) is 1.60. The van der Waals surface area contributed by atoms with Crippen molar-refractivity contribution in [1.29, 1.82) is 0 Å². The molecule has 0 aliphatic rings. The Bertz CT molecular complexity index is 625. The van der Waals surface area contributed by atoms with Gasteiger partial charge in [-0.25, -0.2) is 0 Å². The number of nitrogens with zero attached hydrogens (tertiary/aromatic N) is 2. The van der Waals surface area contributed by atoms with Crippen LogP contribution in [0.5, 0.6) is 0 Å². The fraction of sp³-hybridized carbons (Fsp3) is 0.0769. The van der Waals surface area contributed by atoms with Gasteiger partial charge < -0.3 is 11.1 Å². The van der Waals surface area contributed by atoms with Crippen molar-refractivity contribution < 1.29 is 4.79 Å². The summed E-state index contributed by atoms with van der Waals surface area (Å²) in [5.74, 6) is -0.300. The van der Waals surface area contributed by atoms with Crippen LogP contribution >= 0.6 is 12.2 Å². The molecule has 2 aromatic rings. The van der Waals surface area contributed by atoms with Crippen LogP contribution in [0.4, 0.5) is 5.69 Å². The monoisotopic (exact) mass is 272 g/mol.